The highest BCUT2D eigenvalue weighted by Crippen LogP contribution is 2.24. The van der Waals surface area contributed by atoms with E-state index in [1.165, 1.54) is 0 Å². The third-order valence-electron chi connectivity index (χ3n) is 5.74. The second kappa shape index (κ2) is 9.31. The van der Waals surface area contributed by atoms with Gasteiger partial charge in [-0.1, -0.05) is 90.5 Å². The van der Waals surface area contributed by atoms with Crippen molar-refractivity contribution in [2.24, 2.45) is 5.10 Å². The summed E-state index contributed by atoms with van der Waals surface area (Å²) in [7, 11) is 0. The van der Waals surface area contributed by atoms with Crippen molar-refractivity contribution in [2.45, 2.75) is 13.0 Å². The molecule has 0 aliphatic carbocycles. The summed E-state index contributed by atoms with van der Waals surface area (Å²) in [5.41, 5.74) is 6.73. The number of nitrogens with one attached hydrogen (secondary N) is 1. The summed E-state index contributed by atoms with van der Waals surface area (Å²) >= 11 is 6.37. The highest BCUT2D eigenvalue weighted by atomic mass is 35.5. The number of fused-ring (bicyclic) bond motifs is 2. The Morgan fingerprint density at radius 2 is 1.55 bits per heavy atom. The SMILES string of the molecule is O=C(Cc1cccc2ccccc12)N/N=C\c1cn(Cc2ccccc2Cl)c2ccccc12. The Hall–Kier alpha value is -3.89. The van der Waals surface area contributed by atoms with Crippen LogP contribution in [0.2, 0.25) is 5.02 Å². The average Bonchev–Trinajstić information content (AvgIpc) is 3.18. The molecular weight excluding hydrogens is 430 g/mol. The van der Waals surface area contributed by atoms with Gasteiger partial charge in [0, 0.05) is 34.2 Å². The topological polar surface area (TPSA) is 46.4 Å². The molecule has 5 aromatic rings. The summed E-state index contributed by atoms with van der Waals surface area (Å²) in [5.74, 6) is -0.151. The number of carbonyl (C=O) groups excluding carboxylic acids is 1. The Labute approximate surface area is 197 Å². The molecule has 4 aromatic carbocycles. The maximum absolute atomic E-state index is 12.5. The lowest BCUT2D eigenvalue weighted by atomic mass is 10.0. The number of amides is 1. The lowest BCUT2D eigenvalue weighted by Crippen LogP contribution is -2.19. The van der Waals surface area contributed by atoms with E-state index in [1.807, 2.05) is 85.1 Å². The number of hydrazone groups is 1. The molecule has 0 fully saturated rings. The number of aromatic nitrogens is 1. The van der Waals surface area contributed by atoms with Gasteiger partial charge in [0.15, 0.2) is 0 Å². The number of hydrogen-bond donors (Lipinski definition) is 1. The van der Waals surface area contributed by atoms with Crippen molar-refractivity contribution in [3.05, 3.63) is 119 Å². The molecule has 0 radical (unpaired) electrons. The molecule has 5 rings (SSSR count). The third kappa shape index (κ3) is 4.52. The Morgan fingerprint density at radius 1 is 0.848 bits per heavy atom. The van der Waals surface area contributed by atoms with E-state index < -0.39 is 0 Å². The Kier molecular flexibility index (Phi) is 5.92. The van der Waals surface area contributed by atoms with Crippen molar-refractivity contribution in [3.63, 3.8) is 0 Å². The number of halogens is 1. The smallest absolute Gasteiger partial charge is 0.244 e. The van der Waals surface area contributed by atoms with Crippen LogP contribution in [0.4, 0.5) is 0 Å². The lowest BCUT2D eigenvalue weighted by Gasteiger charge is -2.07. The highest BCUT2D eigenvalue weighted by Gasteiger charge is 2.09. The van der Waals surface area contributed by atoms with Crippen molar-refractivity contribution < 1.29 is 4.79 Å². The van der Waals surface area contributed by atoms with Gasteiger partial charge in [-0.15, -0.1) is 0 Å². The van der Waals surface area contributed by atoms with E-state index in [-0.39, 0.29) is 12.3 Å². The first-order chi connectivity index (χ1) is 16.2. The fourth-order valence-electron chi connectivity index (χ4n) is 4.15. The van der Waals surface area contributed by atoms with Crippen LogP contribution in [0.1, 0.15) is 16.7 Å². The number of carbonyl (C=O) groups is 1. The van der Waals surface area contributed by atoms with Crippen molar-refractivity contribution in [3.8, 4) is 0 Å². The molecule has 0 saturated heterocycles. The van der Waals surface area contributed by atoms with E-state index in [4.69, 9.17) is 11.6 Å². The minimum Gasteiger partial charge on any atom is -0.342 e. The number of rotatable bonds is 6. The van der Waals surface area contributed by atoms with Crippen LogP contribution in [0.15, 0.2) is 102 Å². The van der Waals surface area contributed by atoms with Crippen molar-refractivity contribution >= 4 is 45.4 Å². The fourth-order valence-corrected chi connectivity index (χ4v) is 4.35. The summed E-state index contributed by atoms with van der Waals surface area (Å²) in [5, 5.41) is 8.26. The zero-order valence-electron chi connectivity index (χ0n) is 17.9. The van der Waals surface area contributed by atoms with Crippen LogP contribution in [-0.2, 0) is 17.8 Å². The summed E-state index contributed by atoms with van der Waals surface area (Å²) in [6.07, 6.45) is 4.01. The van der Waals surface area contributed by atoms with Gasteiger partial charge in [0.05, 0.1) is 12.6 Å². The molecule has 33 heavy (non-hydrogen) atoms. The molecule has 0 bridgehead atoms. The Bertz CT molecular complexity index is 1480. The van der Waals surface area contributed by atoms with Crippen molar-refractivity contribution in [1.82, 2.24) is 9.99 Å². The molecule has 0 aliphatic heterocycles. The molecule has 1 N–H and O–H groups in total. The number of benzene rings is 4. The predicted octanol–water partition coefficient (Wildman–Crippen LogP) is 6.19. The summed E-state index contributed by atoms with van der Waals surface area (Å²) in [4.78, 5) is 12.5. The van der Waals surface area contributed by atoms with Gasteiger partial charge in [0.2, 0.25) is 5.91 Å². The van der Waals surface area contributed by atoms with E-state index >= 15 is 0 Å². The molecular formula is C28H22ClN3O. The standard InChI is InChI=1S/C28H22ClN3O/c29-26-14-5-2-9-22(26)18-32-19-23(25-13-4-6-15-27(25)32)17-30-31-28(33)16-21-11-7-10-20-8-1-3-12-24(20)21/h1-15,17,19H,16,18H2,(H,31,33)/b30-17-. The van der Waals surface area contributed by atoms with E-state index in [1.54, 1.807) is 6.21 Å². The van der Waals surface area contributed by atoms with Gasteiger partial charge >= 0.3 is 0 Å². The molecule has 0 atom stereocenters. The number of hydrogen-bond acceptors (Lipinski definition) is 2. The summed E-state index contributed by atoms with van der Waals surface area (Å²) in [6, 6.07) is 30.1. The van der Waals surface area contributed by atoms with Gasteiger partial charge in [-0.25, -0.2) is 5.43 Å². The van der Waals surface area contributed by atoms with Crippen LogP contribution in [0.3, 0.4) is 0 Å². The zero-order valence-corrected chi connectivity index (χ0v) is 18.7. The lowest BCUT2D eigenvalue weighted by molar-refractivity contribution is -0.120. The first-order valence-corrected chi connectivity index (χ1v) is 11.2. The first-order valence-electron chi connectivity index (χ1n) is 10.8. The molecule has 0 saturated carbocycles. The molecule has 0 aliphatic rings. The van der Waals surface area contributed by atoms with Gasteiger partial charge in [0.25, 0.3) is 0 Å². The second-order valence-electron chi connectivity index (χ2n) is 7.93. The average molecular weight is 452 g/mol. The quantitative estimate of drug-likeness (QED) is 0.243. The molecule has 4 nitrogen and oxygen atoms in total. The van der Waals surface area contributed by atoms with Gasteiger partial charge < -0.3 is 4.57 Å². The van der Waals surface area contributed by atoms with Crippen LogP contribution in [0.25, 0.3) is 21.7 Å². The molecule has 1 aromatic heterocycles. The van der Waals surface area contributed by atoms with Gasteiger partial charge in [-0.2, -0.15) is 5.10 Å². The van der Waals surface area contributed by atoms with E-state index in [2.05, 4.69) is 27.2 Å². The monoisotopic (exact) mass is 451 g/mol. The molecule has 0 spiro atoms. The Morgan fingerprint density at radius 3 is 2.42 bits per heavy atom. The zero-order chi connectivity index (χ0) is 22.6. The van der Waals surface area contributed by atoms with Gasteiger partial charge in [0.1, 0.15) is 0 Å². The van der Waals surface area contributed by atoms with Crippen LogP contribution in [0.5, 0.6) is 0 Å². The van der Waals surface area contributed by atoms with Crippen LogP contribution in [-0.4, -0.2) is 16.7 Å². The largest absolute Gasteiger partial charge is 0.342 e. The van der Waals surface area contributed by atoms with Crippen molar-refractivity contribution in [1.29, 1.82) is 0 Å². The normalized spacial score (nSPS) is 11.4. The summed E-state index contributed by atoms with van der Waals surface area (Å²) in [6.45, 7) is 0.654. The molecule has 1 heterocycles. The summed E-state index contributed by atoms with van der Waals surface area (Å²) < 4.78 is 2.15. The minimum atomic E-state index is -0.151. The number of nitrogens with zero attached hydrogens (tertiary/aromatic N) is 2. The molecule has 162 valence electrons. The van der Waals surface area contributed by atoms with E-state index in [0.717, 1.165) is 43.4 Å². The second-order valence-corrected chi connectivity index (χ2v) is 8.34. The van der Waals surface area contributed by atoms with Crippen LogP contribution < -0.4 is 5.43 Å². The van der Waals surface area contributed by atoms with Crippen LogP contribution in [0, 0.1) is 0 Å². The maximum Gasteiger partial charge on any atom is 0.244 e. The van der Waals surface area contributed by atoms with Crippen molar-refractivity contribution in [2.75, 3.05) is 0 Å². The van der Waals surface area contributed by atoms with Crippen LogP contribution >= 0.6 is 11.6 Å². The molecule has 1 amide bonds. The number of para-hydroxylation sites is 1. The van der Waals surface area contributed by atoms with Gasteiger partial charge in [-0.3, -0.25) is 4.79 Å². The Balaban J connectivity index is 1.34. The predicted molar refractivity (Wildman–Crippen MR) is 136 cm³/mol. The fraction of sp³-hybridized carbons (Fsp3) is 0.0714. The van der Waals surface area contributed by atoms with Gasteiger partial charge in [-0.05, 0) is 34.0 Å². The first kappa shape index (κ1) is 21.0. The third-order valence-corrected chi connectivity index (χ3v) is 6.11. The molecule has 5 heteroatoms. The maximum atomic E-state index is 12.5. The minimum absolute atomic E-state index is 0.151. The van der Waals surface area contributed by atoms with E-state index in [0.29, 0.717) is 6.54 Å². The molecule has 0 unspecified atom stereocenters. The highest BCUT2D eigenvalue weighted by molar-refractivity contribution is 6.31. The van der Waals surface area contributed by atoms with E-state index in [9.17, 15) is 4.79 Å².